The zero-order chi connectivity index (χ0) is 13.5. The summed E-state index contributed by atoms with van der Waals surface area (Å²) in [6.07, 6.45) is 0. The van der Waals surface area contributed by atoms with Gasteiger partial charge in [0.2, 0.25) is 0 Å². The number of carbonyl (C=O) groups is 2. The third kappa shape index (κ3) is 2.20. The molecule has 0 saturated carbocycles. The summed E-state index contributed by atoms with van der Waals surface area (Å²) in [6, 6.07) is 6.39. The Hall–Kier alpha value is -1.55. The number of urea groups is 1. The summed E-state index contributed by atoms with van der Waals surface area (Å²) in [4.78, 5) is 27.0. The van der Waals surface area contributed by atoms with Gasteiger partial charge in [-0.3, -0.25) is 4.79 Å². The lowest BCUT2D eigenvalue weighted by atomic mass is 10.1. The van der Waals surface area contributed by atoms with Crippen molar-refractivity contribution in [2.24, 2.45) is 0 Å². The molecule has 4 nitrogen and oxygen atoms in total. The fraction of sp³-hybridized carbons (Fsp3) is 0.385. The zero-order valence-electron chi connectivity index (χ0n) is 10.6. The second-order valence-corrected chi connectivity index (χ2v) is 5.68. The summed E-state index contributed by atoms with van der Waals surface area (Å²) in [5, 5.41) is 0.575. The Kier molecular flexibility index (Phi) is 3.07. The van der Waals surface area contributed by atoms with E-state index < -0.39 is 0 Å². The molecule has 1 saturated heterocycles. The van der Waals surface area contributed by atoms with Crippen LogP contribution in [0.2, 0.25) is 5.02 Å². The summed E-state index contributed by atoms with van der Waals surface area (Å²) < 4.78 is 0. The van der Waals surface area contributed by atoms with Crippen LogP contribution in [0.25, 0.3) is 0 Å². The molecule has 96 valence electrons. The number of amides is 3. The van der Waals surface area contributed by atoms with Crippen LogP contribution >= 0.6 is 11.6 Å². The molecule has 1 aliphatic rings. The number of imide groups is 1. The first-order valence-electron chi connectivity index (χ1n) is 5.71. The van der Waals surface area contributed by atoms with Gasteiger partial charge in [0, 0.05) is 10.6 Å². The molecule has 2 rings (SSSR count). The van der Waals surface area contributed by atoms with Gasteiger partial charge in [0.25, 0.3) is 5.91 Å². The maximum atomic E-state index is 12.2. The fourth-order valence-corrected chi connectivity index (χ4v) is 2.00. The minimum Gasteiger partial charge on any atom is -0.310 e. The van der Waals surface area contributed by atoms with Crippen LogP contribution in [0, 0.1) is 0 Å². The van der Waals surface area contributed by atoms with E-state index in [0.717, 1.165) is 0 Å². The lowest BCUT2D eigenvalue weighted by molar-refractivity contribution is -0.117. The summed E-state index contributed by atoms with van der Waals surface area (Å²) in [7, 11) is 0. The smallest absolute Gasteiger partial charge is 0.310 e. The molecule has 1 heterocycles. The molecule has 0 unspecified atom stereocenters. The van der Waals surface area contributed by atoms with Crippen LogP contribution in [0.3, 0.4) is 0 Å². The van der Waals surface area contributed by atoms with Gasteiger partial charge in [-0.15, -0.1) is 0 Å². The van der Waals surface area contributed by atoms with Crippen molar-refractivity contribution in [2.75, 3.05) is 11.4 Å². The lowest BCUT2D eigenvalue weighted by Crippen LogP contribution is -2.44. The molecular formula is C13H15ClN2O2. The molecule has 18 heavy (non-hydrogen) atoms. The van der Waals surface area contributed by atoms with Crippen LogP contribution < -0.4 is 4.90 Å². The summed E-state index contributed by atoms with van der Waals surface area (Å²) in [5.74, 6) is -0.211. The molecule has 1 aromatic carbocycles. The predicted octanol–water partition coefficient (Wildman–Crippen LogP) is 2.91. The average Bonchev–Trinajstić information content (AvgIpc) is 2.56. The number of anilines is 1. The van der Waals surface area contributed by atoms with E-state index >= 15 is 0 Å². The van der Waals surface area contributed by atoms with E-state index in [2.05, 4.69) is 0 Å². The Labute approximate surface area is 111 Å². The van der Waals surface area contributed by atoms with Crippen molar-refractivity contribution < 1.29 is 9.59 Å². The standard InChI is InChI=1S/C13H15ClN2O2/c1-13(2,3)15-8-11(17)16(12(15)18)10-6-4-9(14)5-7-10/h4-7H,8H2,1-3H3. The number of carbonyl (C=O) groups excluding carboxylic acids is 2. The first-order valence-corrected chi connectivity index (χ1v) is 6.08. The highest BCUT2D eigenvalue weighted by Gasteiger charge is 2.42. The van der Waals surface area contributed by atoms with Crippen molar-refractivity contribution >= 4 is 29.2 Å². The Morgan fingerprint density at radius 1 is 1.11 bits per heavy atom. The Morgan fingerprint density at radius 3 is 2.11 bits per heavy atom. The highest BCUT2D eigenvalue weighted by molar-refractivity contribution is 6.30. The molecule has 5 heteroatoms. The predicted molar refractivity (Wildman–Crippen MR) is 70.8 cm³/mol. The van der Waals surface area contributed by atoms with Crippen molar-refractivity contribution in [3.63, 3.8) is 0 Å². The zero-order valence-corrected chi connectivity index (χ0v) is 11.4. The van der Waals surface area contributed by atoms with E-state index in [0.29, 0.717) is 10.7 Å². The van der Waals surface area contributed by atoms with E-state index in [9.17, 15) is 9.59 Å². The lowest BCUT2D eigenvalue weighted by Gasteiger charge is -2.30. The van der Waals surface area contributed by atoms with Crippen molar-refractivity contribution in [1.29, 1.82) is 0 Å². The van der Waals surface area contributed by atoms with Gasteiger partial charge in [-0.1, -0.05) is 11.6 Å². The molecule has 1 fully saturated rings. The number of hydrogen-bond donors (Lipinski definition) is 0. The van der Waals surface area contributed by atoms with Crippen LogP contribution in [-0.2, 0) is 4.79 Å². The summed E-state index contributed by atoms with van der Waals surface area (Å²) in [5.41, 5.74) is 0.189. The minimum atomic E-state index is -0.367. The monoisotopic (exact) mass is 266 g/mol. The van der Waals surface area contributed by atoms with Crippen LogP contribution in [0.1, 0.15) is 20.8 Å². The van der Waals surface area contributed by atoms with Gasteiger partial charge in [-0.05, 0) is 45.0 Å². The van der Waals surface area contributed by atoms with E-state index in [1.807, 2.05) is 20.8 Å². The van der Waals surface area contributed by atoms with Gasteiger partial charge in [-0.25, -0.2) is 9.69 Å². The van der Waals surface area contributed by atoms with Gasteiger partial charge in [0.05, 0.1) is 5.69 Å². The third-order valence-electron chi connectivity index (χ3n) is 2.86. The van der Waals surface area contributed by atoms with Crippen LogP contribution in [0.5, 0.6) is 0 Å². The Balaban J connectivity index is 2.33. The molecule has 0 aliphatic carbocycles. The highest BCUT2D eigenvalue weighted by Crippen LogP contribution is 2.27. The normalized spacial score (nSPS) is 16.7. The number of nitrogens with zero attached hydrogens (tertiary/aromatic N) is 2. The van der Waals surface area contributed by atoms with Gasteiger partial charge < -0.3 is 4.90 Å². The van der Waals surface area contributed by atoms with Gasteiger partial charge in [0.15, 0.2) is 0 Å². The largest absolute Gasteiger partial charge is 0.332 e. The van der Waals surface area contributed by atoms with Crippen molar-refractivity contribution in [1.82, 2.24) is 4.90 Å². The topological polar surface area (TPSA) is 40.6 Å². The van der Waals surface area contributed by atoms with Crippen LogP contribution in [0.4, 0.5) is 10.5 Å². The van der Waals surface area contributed by atoms with Crippen LogP contribution in [0.15, 0.2) is 24.3 Å². The minimum absolute atomic E-state index is 0.116. The molecule has 1 aromatic rings. The number of benzene rings is 1. The summed E-state index contributed by atoms with van der Waals surface area (Å²) in [6.45, 7) is 5.83. The van der Waals surface area contributed by atoms with E-state index in [1.54, 1.807) is 29.2 Å². The molecule has 0 aromatic heterocycles. The molecule has 0 spiro atoms. The first-order chi connectivity index (χ1) is 8.30. The molecule has 0 N–H and O–H groups in total. The van der Waals surface area contributed by atoms with Crippen molar-refractivity contribution in [3.05, 3.63) is 29.3 Å². The Morgan fingerprint density at radius 2 is 1.67 bits per heavy atom. The average molecular weight is 267 g/mol. The second kappa shape index (κ2) is 4.28. The Bertz CT molecular complexity index is 491. The SMILES string of the molecule is CC(C)(C)N1CC(=O)N(c2ccc(Cl)cc2)C1=O. The number of rotatable bonds is 1. The maximum Gasteiger partial charge on any atom is 0.332 e. The maximum absolute atomic E-state index is 12.2. The van der Waals surface area contributed by atoms with E-state index in [4.69, 9.17) is 11.6 Å². The van der Waals surface area contributed by atoms with Gasteiger partial charge >= 0.3 is 6.03 Å². The van der Waals surface area contributed by atoms with E-state index in [-0.39, 0.29) is 24.0 Å². The van der Waals surface area contributed by atoms with Gasteiger partial charge in [-0.2, -0.15) is 0 Å². The van der Waals surface area contributed by atoms with Gasteiger partial charge in [0.1, 0.15) is 6.54 Å². The fourth-order valence-electron chi connectivity index (χ4n) is 1.87. The molecular weight excluding hydrogens is 252 g/mol. The third-order valence-corrected chi connectivity index (χ3v) is 3.11. The quantitative estimate of drug-likeness (QED) is 0.734. The summed E-state index contributed by atoms with van der Waals surface area (Å²) >= 11 is 5.79. The molecule has 0 bridgehead atoms. The highest BCUT2D eigenvalue weighted by atomic mass is 35.5. The van der Waals surface area contributed by atoms with Crippen LogP contribution in [-0.4, -0.2) is 28.9 Å². The van der Waals surface area contributed by atoms with E-state index in [1.165, 1.54) is 4.90 Å². The van der Waals surface area contributed by atoms with Crippen molar-refractivity contribution in [2.45, 2.75) is 26.3 Å². The molecule has 3 amide bonds. The second-order valence-electron chi connectivity index (χ2n) is 5.25. The number of halogens is 1. The number of hydrogen-bond acceptors (Lipinski definition) is 2. The molecule has 0 atom stereocenters. The molecule has 1 aliphatic heterocycles. The molecule has 0 radical (unpaired) electrons. The van der Waals surface area contributed by atoms with Crippen molar-refractivity contribution in [3.8, 4) is 0 Å². The first kappa shape index (κ1) is 12.9.